The Morgan fingerprint density at radius 2 is 1.62 bits per heavy atom. The summed E-state index contributed by atoms with van der Waals surface area (Å²) in [6.45, 7) is 5.74. The van der Waals surface area contributed by atoms with E-state index in [1.807, 2.05) is 45.0 Å². The molecule has 2 amide bonds. The molecule has 0 saturated heterocycles. The number of para-hydroxylation sites is 2. The van der Waals surface area contributed by atoms with E-state index in [9.17, 15) is 9.59 Å². The maximum Gasteiger partial charge on any atom is 0.253 e. The molecular formula is C20H26ClN3O2. The van der Waals surface area contributed by atoms with Crippen molar-refractivity contribution in [2.75, 3.05) is 11.1 Å². The number of benzene rings is 2. The van der Waals surface area contributed by atoms with Crippen molar-refractivity contribution in [1.82, 2.24) is 5.32 Å². The van der Waals surface area contributed by atoms with Gasteiger partial charge in [0, 0.05) is 17.6 Å². The molecule has 0 bridgehead atoms. The highest BCUT2D eigenvalue weighted by Gasteiger charge is 2.18. The van der Waals surface area contributed by atoms with Crippen molar-refractivity contribution in [2.45, 2.75) is 39.2 Å². The summed E-state index contributed by atoms with van der Waals surface area (Å²) in [4.78, 5) is 24.7. The maximum atomic E-state index is 12.4. The molecule has 0 radical (unpaired) electrons. The van der Waals surface area contributed by atoms with Gasteiger partial charge in [0.2, 0.25) is 5.91 Å². The normalized spacial score (nSPS) is 10.6. The average Bonchev–Trinajstić information content (AvgIpc) is 2.53. The van der Waals surface area contributed by atoms with Crippen LogP contribution in [-0.2, 0) is 11.2 Å². The third-order valence-corrected chi connectivity index (χ3v) is 3.61. The Kier molecular flexibility index (Phi) is 7.65. The Labute approximate surface area is 160 Å². The van der Waals surface area contributed by atoms with Gasteiger partial charge in [-0.2, -0.15) is 0 Å². The van der Waals surface area contributed by atoms with Gasteiger partial charge in [0.1, 0.15) is 0 Å². The quantitative estimate of drug-likeness (QED) is 0.695. The summed E-state index contributed by atoms with van der Waals surface area (Å²) >= 11 is 0. The van der Waals surface area contributed by atoms with E-state index in [4.69, 9.17) is 5.73 Å². The Hall–Kier alpha value is -2.53. The highest BCUT2D eigenvalue weighted by molar-refractivity contribution is 6.04. The number of carbonyl (C=O) groups excluding carboxylic acids is 2. The second-order valence-corrected chi connectivity index (χ2v) is 7.00. The number of hydrogen-bond donors (Lipinski definition) is 3. The first kappa shape index (κ1) is 21.5. The number of anilines is 2. The second kappa shape index (κ2) is 9.25. The fraction of sp³-hybridized carbons (Fsp3) is 0.300. The fourth-order valence-electron chi connectivity index (χ4n) is 2.42. The smallest absolute Gasteiger partial charge is 0.253 e. The summed E-state index contributed by atoms with van der Waals surface area (Å²) in [7, 11) is 0. The summed E-state index contributed by atoms with van der Waals surface area (Å²) in [5.41, 5.74) is 8.13. The third kappa shape index (κ3) is 6.41. The lowest BCUT2D eigenvalue weighted by Crippen LogP contribution is -2.40. The van der Waals surface area contributed by atoms with Crippen LogP contribution in [0.2, 0.25) is 0 Å². The second-order valence-electron chi connectivity index (χ2n) is 7.00. The van der Waals surface area contributed by atoms with Crippen LogP contribution in [0.15, 0.2) is 48.5 Å². The van der Waals surface area contributed by atoms with Crippen LogP contribution in [0.1, 0.15) is 43.1 Å². The maximum absolute atomic E-state index is 12.4. The number of nitrogens with two attached hydrogens (primary N) is 1. The summed E-state index contributed by atoms with van der Waals surface area (Å²) in [6.07, 6.45) is 0.846. The Morgan fingerprint density at radius 3 is 2.27 bits per heavy atom. The van der Waals surface area contributed by atoms with Crippen molar-refractivity contribution in [3.8, 4) is 0 Å². The number of halogens is 1. The molecule has 0 aliphatic carbocycles. The lowest BCUT2D eigenvalue weighted by molar-refractivity contribution is -0.116. The topological polar surface area (TPSA) is 84.2 Å². The molecule has 0 heterocycles. The molecule has 5 nitrogen and oxygen atoms in total. The van der Waals surface area contributed by atoms with Crippen molar-refractivity contribution < 1.29 is 9.59 Å². The highest BCUT2D eigenvalue weighted by Crippen LogP contribution is 2.18. The number of aryl methyl sites for hydroxylation is 1. The molecule has 2 rings (SSSR count). The minimum absolute atomic E-state index is 0. The van der Waals surface area contributed by atoms with Gasteiger partial charge in [-0.1, -0.05) is 30.3 Å². The standard InChI is InChI=1S/C20H25N3O2.ClH/c1-20(2,3)23-19(25)15-9-5-7-11-17(15)22-18(24)13-12-14-8-4-6-10-16(14)21;/h4-11H,12-13,21H2,1-3H3,(H,22,24)(H,23,25);1H. The Bertz CT molecular complexity index is 770. The van der Waals surface area contributed by atoms with Gasteiger partial charge < -0.3 is 16.4 Å². The Balaban J connectivity index is 0.00000338. The number of nitrogen functional groups attached to an aromatic ring is 1. The van der Waals surface area contributed by atoms with Crippen LogP contribution in [0.4, 0.5) is 11.4 Å². The molecule has 0 aliphatic heterocycles. The summed E-state index contributed by atoms with van der Waals surface area (Å²) < 4.78 is 0. The van der Waals surface area contributed by atoms with E-state index in [1.54, 1.807) is 24.3 Å². The molecule has 4 N–H and O–H groups in total. The summed E-state index contributed by atoms with van der Waals surface area (Å²) in [6, 6.07) is 14.5. The molecule has 0 saturated carbocycles. The van der Waals surface area contributed by atoms with E-state index < -0.39 is 0 Å². The zero-order valence-corrected chi connectivity index (χ0v) is 16.2. The lowest BCUT2D eigenvalue weighted by Gasteiger charge is -2.21. The van der Waals surface area contributed by atoms with Crippen LogP contribution < -0.4 is 16.4 Å². The molecule has 0 spiro atoms. The third-order valence-electron chi connectivity index (χ3n) is 3.61. The molecule has 0 aliphatic rings. The molecule has 140 valence electrons. The molecule has 2 aromatic carbocycles. The zero-order valence-electron chi connectivity index (χ0n) is 15.3. The number of rotatable bonds is 5. The average molecular weight is 376 g/mol. The van der Waals surface area contributed by atoms with Gasteiger partial charge in [-0.25, -0.2) is 0 Å². The van der Waals surface area contributed by atoms with Crippen LogP contribution in [-0.4, -0.2) is 17.4 Å². The van der Waals surface area contributed by atoms with Gasteiger partial charge in [-0.3, -0.25) is 9.59 Å². The van der Waals surface area contributed by atoms with Gasteiger partial charge in [-0.15, -0.1) is 12.4 Å². The highest BCUT2D eigenvalue weighted by atomic mass is 35.5. The minimum Gasteiger partial charge on any atom is -0.399 e. The molecule has 26 heavy (non-hydrogen) atoms. The number of nitrogens with one attached hydrogen (secondary N) is 2. The minimum atomic E-state index is -0.348. The van der Waals surface area contributed by atoms with Gasteiger partial charge in [0.15, 0.2) is 0 Å². The van der Waals surface area contributed by atoms with Gasteiger partial charge in [0.05, 0.1) is 11.3 Å². The van der Waals surface area contributed by atoms with E-state index in [-0.39, 0.29) is 29.8 Å². The van der Waals surface area contributed by atoms with Crippen LogP contribution >= 0.6 is 12.4 Å². The van der Waals surface area contributed by atoms with Crippen LogP contribution in [0.25, 0.3) is 0 Å². The lowest BCUT2D eigenvalue weighted by atomic mass is 10.1. The SMILES string of the molecule is CC(C)(C)NC(=O)c1ccccc1NC(=O)CCc1ccccc1N.Cl. The largest absolute Gasteiger partial charge is 0.399 e. The summed E-state index contributed by atoms with van der Waals surface area (Å²) in [5.74, 6) is -0.366. The van der Waals surface area contributed by atoms with E-state index >= 15 is 0 Å². The first-order valence-electron chi connectivity index (χ1n) is 8.31. The van der Waals surface area contributed by atoms with Crippen molar-refractivity contribution in [1.29, 1.82) is 0 Å². The first-order valence-corrected chi connectivity index (χ1v) is 8.31. The van der Waals surface area contributed by atoms with Crippen molar-refractivity contribution in [3.05, 3.63) is 59.7 Å². The van der Waals surface area contributed by atoms with Crippen LogP contribution in [0, 0.1) is 0 Å². The van der Waals surface area contributed by atoms with Gasteiger partial charge in [-0.05, 0) is 51.0 Å². The molecule has 6 heteroatoms. The van der Waals surface area contributed by atoms with Gasteiger partial charge >= 0.3 is 0 Å². The van der Waals surface area contributed by atoms with Crippen molar-refractivity contribution in [2.24, 2.45) is 0 Å². The Morgan fingerprint density at radius 1 is 1.00 bits per heavy atom. The number of amides is 2. The van der Waals surface area contributed by atoms with Crippen molar-refractivity contribution in [3.63, 3.8) is 0 Å². The van der Waals surface area contributed by atoms with Crippen molar-refractivity contribution >= 4 is 35.6 Å². The zero-order chi connectivity index (χ0) is 18.4. The molecule has 0 fully saturated rings. The molecule has 0 atom stereocenters. The van der Waals surface area contributed by atoms with E-state index in [1.165, 1.54) is 0 Å². The predicted molar refractivity (Wildman–Crippen MR) is 109 cm³/mol. The first-order chi connectivity index (χ1) is 11.8. The van der Waals surface area contributed by atoms with Crippen LogP contribution in [0.5, 0.6) is 0 Å². The van der Waals surface area contributed by atoms with E-state index in [0.29, 0.717) is 29.8 Å². The number of carbonyl (C=O) groups is 2. The van der Waals surface area contributed by atoms with E-state index in [2.05, 4.69) is 10.6 Å². The molecule has 0 aromatic heterocycles. The van der Waals surface area contributed by atoms with Crippen LogP contribution in [0.3, 0.4) is 0 Å². The summed E-state index contributed by atoms with van der Waals surface area (Å²) in [5, 5.41) is 5.73. The number of hydrogen-bond acceptors (Lipinski definition) is 3. The predicted octanol–water partition coefficient (Wildman–Crippen LogP) is 3.79. The van der Waals surface area contributed by atoms with E-state index in [0.717, 1.165) is 5.56 Å². The molecular weight excluding hydrogens is 350 g/mol. The fourth-order valence-corrected chi connectivity index (χ4v) is 2.42. The molecule has 2 aromatic rings. The van der Waals surface area contributed by atoms with Gasteiger partial charge in [0.25, 0.3) is 5.91 Å². The molecule has 0 unspecified atom stereocenters. The monoisotopic (exact) mass is 375 g/mol.